The van der Waals surface area contributed by atoms with E-state index in [4.69, 9.17) is 23.2 Å². The van der Waals surface area contributed by atoms with Crippen LogP contribution < -0.4 is 10.9 Å². The lowest BCUT2D eigenvalue weighted by Gasteiger charge is -2.07. The Hall–Kier alpha value is -1.26. The predicted molar refractivity (Wildman–Crippen MR) is 64.8 cm³/mol. The van der Waals surface area contributed by atoms with Crippen molar-refractivity contribution >= 4 is 35.0 Å². The van der Waals surface area contributed by atoms with Gasteiger partial charge in [0.25, 0.3) is 5.91 Å². The van der Waals surface area contributed by atoms with Crippen LogP contribution in [-0.2, 0) is 4.79 Å². The summed E-state index contributed by atoms with van der Waals surface area (Å²) < 4.78 is 0. The zero-order valence-electron chi connectivity index (χ0n) is 8.80. The lowest BCUT2D eigenvalue weighted by Crippen LogP contribution is -2.42. The number of hydrazine groups is 1. The van der Waals surface area contributed by atoms with E-state index < -0.39 is 5.91 Å². The molecule has 4 nitrogen and oxygen atoms in total. The molecule has 0 saturated heterocycles. The molecule has 0 aliphatic heterocycles. The fourth-order valence-corrected chi connectivity index (χ4v) is 1.57. The number of benzene rings is 1. The first kappa shape index (κ1) is 12.2. The maximum Gasteiger partial charge on any atom is 0.269 e. The molecule has 1 saturated carbocycles. The lowest BCUT2D eigenvalue weighted by molar-refractivity contribution is -0.123. The Morgan fingerprint density at radius 3 is 2.41 bits per heavy atom. The van der Waals surface area contributed by atoms with E-state index in [1.165, 1.54) is 18.2 Å². The molecule has 0 spiro atoms. The number of hydrogen-bond donors (Lipinski definition) is 2. The topological polar surface area (TPSA) is 58.2 Å². The number of hydrogen-bond acceptors (Lipinski definition) is 2. The van der Waals surface area contributed by atoms with Crippen molar-refractivity contribution in [1.29, 1.82) is 0 Å². The molecule has 0 radical (unpaired) electrons. The van der Waals surface area contributed by atoms with Gasteiger partial charge in [-0.15, -0.1) is 0 Å². The van der Waals surface area contributed by atoms with E-state index in [2.05, 4.69) is 10.9 Å². The molecular formula is C11H10Cl2N2O2. The molecule has 1 aromatic rings. The third kappa shape index (κ3) is 3.11. The number of carbonyl (C=O) groups is 2. The molecule has 1 aliphatic rings. The average molecular weight is 273 g/mol. The number of nitrogens with one attached hydrogen (secondary N) is 2. The maximum atomic E-state index is 11.6. The minimum atomic E-state index is -0.419. The van der Waals surface area contributed by atoms with Gasteiger partial charge in [-0.2, -0.15) is 0 Å². The summed E-state index contributed by atoms with van der Waals surface area (Å²) in [6.07, 6.45) is 1.77. The van der Waals surface area contributed by atoms with Gasteiger partial charge in [0.2, 0.25) is 5.91 Å². The van der Waals surface area contributed by atoms with E-state index in [1.807, 2.05) is 0 Å². The molecule has 0 atom stereocenters. The first-order valence-corrected chi connectivity index (χ1v) is 5.89. The van der Waals surface area contributed by atoms with E-state index in [1.54, 1.807) is 0 Å². The third-order valence-electron chi connectivity index (χ3n) is 2.43. The van der Waals surface area contributed by atoms with Gasteiger partial charge in [-0.05, 0) is 31.0 Å². The van der Waals surface area contributed by atoms with Crippen LogP contribution in [0.4, 0.5) is 0 Å². The van der Waals surface area contributed by atoms with Crippen molar-refractivity contribution < 1.29 is 9.59 Å². The van der Waals surface area contributed by atoms with Crippen LogP contribution in [0.1, 0.15) is 23.2 Å². The van der Waals surface area contributed by atoms with E-state index >= 15 is 0 Å². The number of rotatable bonds is 2. The van der Waals surface area contributed by atoms with E-state index in [-0.39, 0.29) is 11.8 Å². The second-order valence-electron chi connectivity index (χ2n) is 3.85. The predicted octanol–water partition coefficient (Wildman–Crippen LogP) is 2.16. The molecule has 2 amide bonds. The molecule has 0 bridgehead atoms. The normalized spacial score (nSPS) is 14.2. The Bertz CT molecular complexity index is 473. The Labute approximate surface area is 108 Å². The molecule has 0 heterocycles. The van der Waals surface area contributed by atoms with Gasteiger partial charge in [-0.1, -0.05) is 23.2 Å². The summed E-state index contributed by atoms with van der Waals surface area (Å²) in [6.45, 7) is 0. The van der Waals surface area contributed by atoms with Gasteiger partial charge < -0.3 is 0 Å². The average Bonchev–Trinajstić information content (AvgIpc) is 3.13. The van der Waals surface area contributed by atoms with Crippen molar-refractivity contribution in [2.75, 3.05) is 0 Å². The number of carbonyl (C=O) groups excluding carboxylic acids is 2. The molecule has 0 aromatic heterocycles. The molecule has 1 aliphatic carbocycles. The van der Waals surface area contributed by atoms with Crippen LogP contribution in [0.2, 0.25) is 10.0 Å². The second-order valence-corrected chi connectivity index (χ2v) is 4.66. The highest BCUT2D eigenvalue weighted by atomic mass is 35.5. The Balaban J connectivity index is 1.94. The molecule has 17 heavy (non-hydrogen) atoms. The van der Waals surface area contributed by atoms with Crippen molar-refractivity contribution in [3.05, 3.63) is 33.8 Å². The minimum Gasteiger partial charge on any atom is -0.273 e. The van der Waals surface area contributed by atoms with Crippen molar-refractivity contribution in [1.82, 2.24) is 10.9 Å². The molecule has 2 rings (SSSR count). The molecule has 0 unspecified atom stereocenters. The summed E-state index contributed by atoms with van der Waals surface area (Å²) in [4.78, 5) is 22.9. The summed E-state index contributed by atoms with van der Waals surface area (Å²) in [5.74, 6) is -0.528. The van der Waals surface area contributed by atoms with Crippen molar-refractivity contribution in [2.45, 2.75) is 12.8 Å². The first-order valence-electron chi connectivity index (χ1n) is 5.13. The molecule has 6 heteroatoms. The molecule has 2 N–H and O–H groups in total. The van der Waals surface area contributed by atoms with Crippen LogP contribution in [0.5, 0.6) is 0 Å². The van der Waals surface area contributed by atoms with Gasteiger partial charge in [-0.3, -0.25) is 20.4 Å². The molecule has 1 fully saturated rings. The summed E-state index contributed by atoms with van der Waals surface area (Å²) in [5, 5.41) is 0.679. The summed E-state index contributed by atoms with van der Waals surface area (Å²) in [6, 6.07) is 4.51. The van der Waals surface area contributed by atoms with Crippen molar-refractivity contribution in [3.8, 4) is 0 Å². The number of amides is 2. The SMILES string of the molecule is O=C(NNC(=O)C1CC1)c1ccc(Cl)c(Cl)c1. The Morgan fingerprint density at radius 2 is 1.82 bits per heavy atom. The highest BCUT2D eigenvalue weighted by Gasteiger charge is 2.29. The highest BCUT2D eigenvalue weighted by Crippen LogP contribution is 2.28. The molecule has 1 aromatic carbocycles. The zero-order chi connectivity index (χ0) is 12.4. The fraction of sp³-hybridized carbons (Fsp3) is 0.273. The van der Waals surface area contributed by atoms with Crippen LogP contribution in [-0.4, -0.2) is 11.8 Å². The highest BCUT2D eigenvalue weighted by molar-refractivity contribution is 6.42. The van der Waals surface area contributed by atoms with Gasteiger partial charge in [-0.25, -0.2) is 0 Å². The van der Waals surface area contributed by atoms with Gasteiger partial charge in [0.05, 0.1) is 10.0 Å². The summed E-state index contributed by atoms with van der Waals surface area (Å²) >= 11 is 11.5. The summed E-state index contributed by atoms with van der Waals surface area (Å²) in [7, 11) is 0. The maximum absolute atomic E-state index is 11.6. The fourth-order valence-electron chi connectivity index (χ4n) is 1.28. The zero-order valence-corrected chi connectivity index (χ0v) is 10.3. The first-order chi connectivity index (χ1) is 8.08. The minimum absolute atomic E-state index is 0.0455. The second kappa shape index (κ2) is 4.94. The van der Waals surface area contributed by atoms with Crippen LogP contribution >= 0.6 is 23.2 Å². The van der Waals surface area contributed by atoms with Gasteiger partial charge in [0, 0.05) is 11.5 Å². The van der Waals surface area contributed by atoms with Crippen molar-refractivity contribution in [3.63, 3.8) is 0 Å². The standard InChI is InChI=1S/C11H10Cl2N2O2/c12-8-4-3-7(5-9(8)13)11(17)15-14-10(16)6-1-2-6/h3-6H,1-2H2,(H,14,16)(H,15,17). The van der Waals surface area contributed by atoms with Crippen molar-refractivity contribution in [2.24, 2.45) is 5.92 Å². The smallest absolute Gasteiger partial charge is 0.269 e. The van der Waals surface area contributed by atoms with Gasteiger partial charge in [0.15, 0.2) is 0 Å². The van der Waals surface area contributed by atoms with E-state index in [0.717, 1.165) is 12.8 Å². The summed E-state index contributed by atoms with van der Waals surface area (Å²) in [5.41, 5.74) is 5.03. The Kier molecular flexibility index (Phi) is 3.54. The third-order valence-corrected chi connectivity index (χ3v) is 3.17. The quantitative estimate of drug-likeness (QED) is 0.811. The largest absolute Gasteiger partial charge is 0.273 e. The van der Waals surface area contributed by atoms with E-state index in [0.29, 0.717) is 15.6 Å². The lowest BCUT2D eigenvalue weighted by atomic mass is 10.2. The molecular weight excluding hydrogens is 263 g/mol. The molecule has 90 valence electrons. The van der Waals surface area contributed by atoms with E-state index in [9.17, 15) is 9.59 Å². The van der Waals surface area contributed by atoms with Gasteiger partial charge >= 0.3 is 0 Å². The van der Waals surface area contributed by atoms with Crippen LogP contribution in [0.3, 0.4) is 0 Å². The number of halogens is 2. The Morgan fingerprint density at radius 1 is 1.12 bits per heavy atom. The van der Waals surface area contributed by atoms with Gasteiger partial charge in [0.1, 0.15) is 0 Å². The van der Waals surface area contributed by atoms with Crippen LogP contribution in [0.15, 0.2) is 18.2 Å². The van der Waals surface area contributed by atoms with Crippen LogP contribution in [0.25, 0.3) is 0 Å². The van der Waals surface area contributed by atoms with Crippen LogP contribution in [0, 0.1) is 5.92 Å². The monoisotopic (exact) mass is 272 g/mol.